The average molecular weight is 393 g/mol. The molecule has 0 spiro atoms. The van der Waals surface area contributed by atoms with E-state index < -0.39 is 49.1 Å². The minimum absolute atomic E-state index is 0.145. The summed E-state index contributed by atoms with van der Waals surface area (Å²) in [5.74, 6) is -0.192. The second kappa shape index (κ2) is 10.1. The Hall–Kier alpha value is -0.850. The largest absolute Gasteiger partial charge is 0.388 e. The van der Waals surface area contributed by atoms with Gasteiger partial charge in [0.25, 0.3) is 0 Å². The van der Waals surface area contributed by atoms with Crippen molar-refractivity contribution < 1.29 is 44.5 Å². The van der Waals surface area contributed by atoms with Gasteiger partial charge in [-0.05, 0) is 6.42 Å². The van der Waals surface area contributed by atoms with Crippen molar-refractivity contribution in [3.8, 4) is 0 Å². The van der Waals surface area contributed by atoms with Crippen molar-refractivity contribution in [3.63, 3.8) is 0 Å². The molecule has 0 bridgehead atoms. The minimum Gasteiger partial charge on any atom is -0.388 e. The highest BCUT2D eigenvalue weighted by molar-refractivity contribution is 5.76. The van der Waals surface area contributed by atoms with Crippen LogP contribution in [0.25, 0.3) is 0 Å². The summed E-state index contributed by atoms with van der Waals surface area (Å²) in [7, 11) is 0. The molecule has 2 fully saturated rings. The van der Waals surface area contributed by atoms with Gasteiger partial charge in [0.2, 0.25) is 5.91 Å². The molecule has 27 heavy (non-hydrogen) atoms. The standard InChI is InChI=1S/C17H31NO9/c1-3-5-6-18(11(20)4-2)16-14(23)13(22)10(8-25-16)27-17-15(24)12(21)9(19)7-26-17/h9-10,12-17,19,21-24H,3-8H2,1-2H3. The van der Waals surface area contributed by atoms with Crippen LogP contribution in [-0.4, -0.2) is 105 Å². The number of unbranched alkanes of at least 4 members (excludes halogenated alkanes) is 1. The monoisotopic (exact) mass is 393 g/mol. The molecule has 5 N–H and O–H groups in total. The van der Waals surface area contributed by atoms with Gasteiger partial charge in [-0.25, -0.2) is 0 Å². The molecule has 0 saturated carbocycles. The van der Waals surface area contributed by atoms with Crippen molar-refractivity contribution in [2.24, 2.45) is 0 Å². The van der Waals surface area contributed by atoms with Crippen LogP contribution in [0.3, 0.4) is 0 Å². The van der Waals surface area contributed by atoms with Crippen LogP contribution in [0.1, 0.15) is 33.1 Å². The van der Waals surface area contributed by atoms with Crippen LogP contribution in [0.15, 0.2) is 0 Å². The highest BCUT2D eigenvalue weighted by atomic mass is 16.7. The summed E-state index contributed by atoms with van der Waals surface area (Å²) in [5, 5.41) is 50.0. The van der Waals surface area contributed by atoms with Crippen molar-refractivity contribution >= 4 is 5.91 Å². The Morgan fingerprint density at radius 3 is 2.33 bits per heavy atom. The van der Waals surface area contributed by atoms with Crippen LogP contribution in [0.5, 0.6) is 0 Å². The van der Waals surface area contributed by atoms with E-state index in [9.17, 15) is 30.3 Å². The van der Waals surface area contributed by atoms with Gasteiger partial charge in [0.05, 0.1) is 13.2 Å². The molecular formula is C17H31NO9. The fraction of sp³-hybridized carbons (Fsp3) is 0.941. The summed E-state index contributed by atoms with van der Waals surface area (Å²) in [5.41, 5.74) is 0. The predicted molar refractivity (Wildman–Crippen MR) is 91.3 cm³/mol. The number of ether oxygens (including phenoxy) is 3. The zero-order valence-electron chi connectivity index (χ0n) is 15.7. The first-order chi connectivity index (χ1) is 12.8. The fourth-order valence-electron chi connectivity index (χ4n) is 3.17. The van der Waals surface area contributed by atoms with Gasteiger partial charge in [-0.15, -0.1) is 0 Å². The molecule has 2 saturated heterocycles. The first kappa shape index (κ1) is 22.4. The zero-order chi connectivity index (χ0) is 20.1. The lowest BCUT2D eigenvalue weighted by Gasteiger charge is -2.44. The Morgan fingerprint density at radius 2 is 1.70 bits per heavy atom. The van der Waals surface area contributed by atoms with E-state index in [0.29, 0.717) is 6.54 Å². The lowest BCUT2D eigenvalue weighted by Crippen LogP contribution is -2.62. The van der Waals surface area contributed by atoms with E-state index in [1.807, 2.05) is 6.92 Å². The van der Waals surface area contributed by atoms with Crippen molar-refractivity contribution in [2.45, 2.75) is 82.3 Å². The van der Waals surface area contributed by atoms with Crippen LogP contribution in [0.2, 0.25) is 0 Å². The van der Waals surface area contributed by atoms with Crippen molar-refractivity contribution in [3.05, 3.63) is 0 Å². The fourth-order valence-corrected chi connectivity index (χ4v) is 3.17. The summed E-state index contributed by atoms with van der Waals surface area (Å²) >= 11 is 0. The number of nitrogens with zero attached hydrogens (tertiary/aromatic N) is 1. The molecule has 2 aliphatic rings. The van der Waals surface area contributed by atoms with E-state index >= 15 is 0 Å². The summed E-state index contributed by atoms with van der Waals surface area (Å²) in [6, 6.07) is 0. The molecule has 158 valence electrons. The van der Waals surface area contributed by atoms with Crippen LogP contribution >= 0.6 is 0 Å². The molecule has 8 atom stereocenters. The number of carbonyl (C=O) groups excluding carboxylic acids is 1. The lowest BCUT2D eigenvalue weighted by molar-refractivity contribution is -0.316. The molecule has 1 amide bonds. The van der Waals surface area contributed by atoms with E-state index in [4.69, 9.17) is 14.2 Å². The Kier molecular flexibility index (Phi) is 8.38. The van der Waals surface area contributed by atoms with Gasteiger partial charge in [0, 0.05) is 13.0 Å². The van der Waals surface area contributed by atoms with Crippen molar-refractivity contribution in [1.29, 1.82) is 0 Å². The third kappa shape index (κ3) is 5.15. The topological polar surface area (TPSA) is 149 Å². The maximum absolute atomic E-state index is 12.2. The normalized spacial score (nSPS) is 40.0. The highest BCUT2D eigenvalue weighted by Gasteiger charge is 2.46. The molecule has 10 heteroatoms. The summed E-state index contributed by atoms with van der Waals surface area (Å²) < 4.78 is 16.2. The number of hydrogen-bond acceptors (Lipinski definition) is 9. The van der Waals surface area contributed by atoms with Crippen molar-refractivity contribution in [1.82, 2.24) is 4.90 Å². The van der Waals surface area contributed by atoms with E-state index in [1.54, 1.807) is 6.92 Å². The van der Waals surface area contributed by atoms with Crippen LogP contribution in [-0.2, 0) is 19.0 Å². The van der Waals surface area contributed by atoms with Crippen LogP contribution in [0.4, 0.5) is 0 Å². The second-order valence-corrected chi connectivity index (χ2v) is 6.92. The SMILES string of the molecule is CCCCN(C(=O)CC)C1OCC(OC2OCC(O)C(O)C2O)C(O)C1O. The predicted octanol–water partition coefficient (Wildman–Crippen LogP) is -2.07. The molecule has 0 aliphatic carbocycles. The smallest absolute Gasteiger partial charge is 0.224 e. The van der Waals surface area contributed by atoms with E-state index in [2.05, 4.69) is 0 Å². The van der Waals surface area contributed by atoms with Gasteiger partial charge in [-0.3, -0.25) is 4.79 Å². The number of hydrogen-bond donors (Lipinski definition) is 5. The van der Waals surface area contributed by atoms with Gasteiger partial charge in [-0.2, -0.15) is 0 Å². The molecule has 8 unspecified atom stereocenters. The Bertz CT molecular complexity index is 479. The zero-order valence-corrected chi connectivity index (χ0v) is 15.7. The molecule has 2 aliphatic heterocycles. The minimum atomic E-state index is -1.52. The van der Waals surface area contributed by atoms with Gasteiger partial charge in [0.15, 0.2) is 12.5 Å². The maximum atomic E-state index is 12.2. The summed E-state index contributed by atoms with van der Waals surface area (Å²) in [6.07, 6.45) is -8.50. The number of rotatable bonds is 7. The van der Waals surface area contributed by atoms with E-state index in [-0.39, 0.29) is 25.5 Å². The molecule has 0 aromatic rings. The number of aliphatic hydroxyl groups excluding tert-OH is 5. The molecule has 0 aromatic carbocycles. The second-order valence-electron chi connectivity index (χ2n) is 6.92. The molecule has 2 heterocycles. The van der Waals surface area contributed by atoms with Gasteiger partial charge in [0.1, 0.15) is 36.6 Å². The average Bonchev–Trinajstić information content (AvgIpc) is 2.66. The van der Waals surface area contributed by atoms with Crippen LogP contribution in [0, 0.1) is 0 Å². The molecular weight excluding hydrogens is 362 g/mol. The van der Waals surface area contributed by atoms with Gasteiger partial charge in [-0.1, -0.05) is 20.3 Å². The number of carbonyl (C=O) groups is 1. The summed E-state index contributed by atoms with van der Waals surface area (Å²) in [4.78, 5) is 13.6. The Labute approximate surface area is 158 Å². The molecule has 10 nitrogen and oxygen atoms in total. The number of amides is 1. The first-order valence-electron chi connectivity index (χ1n) is 9.40. The first-order valence-corrected chi connectivity index (χ1v) is 9.40. The lowest BCUT2D eigenvalue weighted by atomic mass is 10.0. The summed E-state index contributed by atoms with van der Waals surface area (Å²) in [6.45, 7) is 3.70. The van der Waals surface area contributed by atoms with Crippen LogP contribution < -0.4 is 0 Å². The van der Waals surface area contributed by atoms with E-state index in [1.165, 1.54) is 4.90 Å². The van der Waals surface area contributed by atoms with Crippen molar-refractivity contribution in [2.75, 3.05) is 19.8 Å². The van der Waals surface area contributed by atoms with E-state index in [0.717, 1.165) is 12.8 Å². The molecule has 2 rings (SSSR count). The highest BCUT2D eigenvalue weighted by Crippen LogP contribution is 2.25. The molecule has 0 radical (unpaired) electrons. The maximum Gasteiger partial charge on any atom is 0.224 e. The third-order valence-corrected chi connectivity index (χ3v) is 4.90. The quantitative estimate of drug-likeness (QED) is 0.329. The Balaban J connectivity index is 2.00. The Morgan fingerprint density at radius 1 is 1.00 bits per heavy atom. The van der Waals surface area contributed by atoms with Gasteiger partial charge >= 0.3 is 0 Å². The molecule has 0 aromatic heterocycles. The number of aliphatic hydroxyl groups is 5. The third-order valence-electron chi connectivity index (χ3n) is 4.90. The van der Waals surface area contributed by atoms with Gasteiger partial charge < -0.3 is 44.6 Å².